The number of ketones is 1. The minimum atomic E-state index is -0.505. The third kappa shape index (κ3) is 5.84. The van der Waals surface area contributed by atoms with Crippen molar-refractivity contribution in [3.05, 3.63) is 69.6 Å². The van der Waals surface area contributed by atoms with E-state index in [4.69, 9.17) is 11.6 Å². The summed E-state index contributed by atoms with van der Waals surface area (Å²) in [5.74, 6) is -0.465. The first-order valence-electron chi connectivity index (χ1n) is 8.98. The molecule has 1 aliphatic heterocycles. The predicted octanol–water partition coefficient (Wildman–Crippen LogP) is 7.05. The van der Waals surface area contributed by atoms with Crippen molar-refractivity contribution < 1.29 is 14.0 Å². The molecular formula is C21H21BrClFN2O2S. The van der Waals surface area contributed by atoms with Gasteiger partial charge in [-0.05, 0) is 58.1 Å². The minimum absolute atomic E-state index is 0.0919. The Balaban J connectivity index is 0.00000145. The van der Waals surface area contributed by atoms with E-state index in [0.717, 1.165) is 4.90 Å². The number of nitrogens with one attached hydrogen (secondary N) is 1. The highest BCUT2D eigenvalue weighted by Gasteiger charge is 2.29. The number of thioether (sulfide) groups is 1. The number of anilines is 1. The van der Waals surface area contributed by atoms with Crippen LogP contribution in [-0.2, 0) is 4.79 Å². The molecule has 0 spiro atoms. The Labute approximate surface area is 187 Å². The molecule has 1 heterocycles. The first-order valence-corrected chi connectivity index (χ1v) is 11.4. The van der Waals surface area contributed by atoms with Crippen LogP contribution in [0.2, 0.25) is 5.02 Å². The normalized spacial score (nSPS) is 15.6. The van der Waals surface area contributed by atoms with Crippen molar-refractivity contribution in [1.82, 2.24) is 4.90 Å². The van der Waals surface area contributed by atoms with Crippen LogP contribution in [0, 0.1) is 5.82 Å². The van der Waals surface area contributed by atoms with Gasteiger partial charge in [0.25, 0.3) is 0 Å². The Morgan fingerprint density at radius 1 is 1.28 bits per heavy atom. The Morgan fingerprint density at radius 3 is 2.55 bits per heavy atom. The van der Waals surface area contributed by atoms with Crippen LogP contribution >= 0.6 is 39.3 Å². The highest BCUT2D eigenvalue weighted by Crippen LogP contribution is 2.35. The maximum Gasteiger partial charge on any atom is 0.326 e. The lowest BCUT2D eigenvalue weighted by Gasteiger charge is -2.31. The van der Waals surface area contributed by atoms with Crippen LogP contribution in [0.5, 0.6) is 0 Å². The Kier molecular flexibility index (Phi) is 8.74. The number of rotatable bonds is 3. The molecule has 4 nitrogen and oxygen atoms in total. The standard InChI is InChI=1S/C19H15BrClFN2O2S.C2H6/c1-27-18-10-16(14(20)9-15(18)21)23-19(26)24-7-6-13(25)8-17(24)11-2-4-12(22)5-3-11;1-2/h2-7,9-10,17H,8H2,1H3,(H,23,26);1-2H3. The number of hydrogen-bond acceptors (Lipinski definition) is 3. The van der Waals surface area contributed by atoms with Gasteiger partial charge >= 0.3 is 6.03 Å². The largest absolute Gasteiger partial charge is 0.326 e. The summed E-state index contributed by atoms with van der Waals surface area (Å²) in [7, 11) is 0. The quantitative estimate of drug-likeness (QED) is 0.460. The second kappa shape index (κ2) is 10.8. The Hall–Kier alpha value is -1.83. The summed E-state index contributed by atoms with van der Waals surface area (Å²) >= 11 is 11.0. The number of carbonyl (C=O) groups excluding carboxylic acids is 2. The summed E-state index contributed by atoms with van der Waals surface area (Å²) in [5.41, 5.74) is 1.25. The molecule has 0 bridgehead atoms. The summed E-state index contributed by atoms with van der Waals surface area (Å²) < 4.78 is 13.9. The summed E-state index contributed by atoms with van der Waals surface area (Å²) in [6.45, 7) is 4.00. The smallest absolute Gasteiger partial charge is 0.306 e. The van der Waals surface area contributed by atoms with Crippen molar-refractivity contribution >= 4 is 56.8 Å². The minimum Gasteiger partial charge on any atom is -0.306 e. The molecule has 29 heavy (non-hydrogen) atoms. The van der Waals surface area contributed by atoms with Crippen molar-refractivity contribution in [3.63, 3.8) is 0 Å². The van der Waals surface area contributed by atoms with Crippen molar-refractivity contribution in [2.24, 2.45) is 0 Å². The van der Waals surface area contributed by atoms with Gasteiger partial charge in [0.15, 0.2) is 5.78 Å². The molecule has 1 aliphatic rings. The molecule has 0 saturated carbocycles. The molecule has 1 unspecified atom stereocenters. The maximum absolute atomic E-state index is 13.2. The molecule has 0 fully saturated rings. The number of urea groups is 1. The van der Waals surface area contributed by atoms with E-state index in [1.807, 2.05) is 20.1 Å². The number of nitrogens with zero attached hydrogens (tertiary/aromatic N) is 1. The molecule has 2 amide bonds. The third-order valence-electron chi connectivity index (χ3n) is 4.12. The van der Waals surface area contributed by atoms with Crippen LogP contribution in [-0.4, -0.2) is 23.0 Å². The molecule has 8 heteroatoms. The zero-order chi connectivity index (χ0) is 21.6. The molecule has 0 radical (unpaired) electrons. The molecule has 3 rings (SSSR count). The molecule has 154 valence electrons. The Bertz CT molecular complexity index is 922. The van der Waals surface area contributed by atoms with Crippen molar-refractivity contribution in [3.8, 4) is 0 Å². The zero-order valence-electron chi connectivity index (χ0n) is 16.2. The molecule has 0 aliphatic carbocycles. The van der Waals surface area contributed by atoms with Crippen molar-refractivity contribution in [1.29, 1.82) is 0 Å². The highest BCUT2D eigenvalue weighted by atomic mass is 79.9. The lowest BCUT2D eigenvalue weighted by Crippen LogP contribution is -2.37. The Morgan fingerprint density at radius 2 is 1.93 bits per heavy atom. The van der Waals surface area contributed by atoms with E-state index in [9.17, 15) is 14.0 Å². The fraction of sp³-hybridized carbons (Fsp3) is 0.238. The van der Waals surface area contributed by atoms with E-state index < -0.39 is 12.1 Å². The molecule has 1 atom stereocenters. The van der Waals surface area contributed by atoms with Gasteiger partial charge in [-0.25, -0.2) is 9.18 Å². The topological polar surface area (TPSA) is 49.4 Å². The van der Waals surface area contributed by atoms with Gasteiger partial charge in [0.2, 0.25) is 0 Å². The summed E-state index contributed by atoms with van der Waals surface area (Å²) in [6.07, 6.45) is 4.84. The van der Waals surface area contributed by atoms with Gasteiger partial charge in [-0.2, -0.15) is 0 Å². The highest BCUT2D eigenvalue weighted by molar-refractivity contribution is 9.10. The number of halogens is 3. The second-order valence-corrected chi connectivity index (χ2v) is 7.97. The van der Waals surface area contributed by atoms with Gasteiger partial charge in [0.1, 0.15) is 5.82 Å². The monoisotopic (exact) mass is 498 g/mol. The molecule has 0 aromatic heterocycles. The maximum atomic E-state index is 13.2. The summed E-state index contributed by atoms with van der Waals surface area (Å²) in [5, 5.41) is 3.42. The van der Waals surface area contributed by atoms with Crippen molar-refractivity contribution in [2.75, 3.05) is 11.6 Å². The van der Waals surface area contributed by atoms with E-state index in [1.165, 1.54) is 41.1 Å². The van der Waals surface area contributed by atoms with E-state index in [0.29, 0.717) is 20.7 Å². The third-order valence-corrected chi connectivity index (χ3v) is 5.98. The van der Waals surface area contributed by atoms with E-state index in [1.54, 1.807) is 24.3 Å². The lowest BCUT2D eigenvalue weighted by atomic mass is 9.97. The SMILES string of the molecule is CC.CSc1cc(NC(=O)N2C=CC(=O)CC2c2ccc(F)cc2)c(Br)cc1Cl. The van der Waals surface area contributed by atoms with Gasteiger partial charge in [0, 0.05) is 22.0 Å². The zero-order valence-corrected chi connectivity index (χ0v) is 19.4. The first-order chi connectivity index (χ1) is 13.9. The van der Waals surface area contributed by atoms with Crippen LogP contribution in [0.1, 0.15) is 31.9 Å². The lowest BCUT2D eigenvalue weighted by molar-refractivity contribution is -0.116. The van der Waals surface area contributed by atoms with Crippen LogP contribution in [0.25, 0.3) is 0 Å². The molecular weight excluding hydrogens is 479 g/mol. The van der Waals surface area contributed by atoms with Crippen molar-refractivity contribution in [2.45, 2.75) is 31.2 Å². The van der Waals surface area contributed by atoms with Crippen LogP contribution < -0.4 is 5.32 Å². The molecule has 0 saturated heterocycles. The fourth-order valence-corrected chi connectivity index (χ4v) is 4.22. The van der Waals surface area contributed by atoms with Gasteiger partial charge in [-0.15, -0.1) is 11.8 Å². The average molecular weight is 500 g/mol. The second-order valence-electron chi connectivity index (χ2n) is 5.86. The van der Waals surface area contributed by atoms with E-state index in [-0.39, 0.29) is 18.0 Å². The van der Waals surface area contributed by atoms with Gasteiger partial charge in [-0.1, -0.05) is 37.6 Å². The number of hydrogen-bond donors (Lipinski definition) is 1. The average Bonchev–Trinajstić information content (AvgIpc) is 2.72. The van der Waals surface area contributed by atoms with Crippen LogP contribution in [0.15, 0.2) is 58.0 Å². The van der Waals surface area contributed by atoms with Crippen LogP contribution in [0.3, 0.4) is 0 Å². The summed E-state index contributed by atoms with van der Waals surface area (Å²) in [4.78, 5) is 27.0. The molecule has 1 N–H and O–H groups in total. The van der Waals surface area contributed by atoms with E-state index >= 15 is 0 Å². The molecule has 2 aromatic carbocycles. The van der Waals surface area contributed by atoms with E-state index in [2.05, 4.69) is 21.2 Å². The number of amides is 2. The van der Waals surface area contributed by atoms with Gasteiger partial charge < -0.3 is 5.32 Å². The van der Waals surface area contributed by atoms with Gasteiger partial charge in [0.05, 0.1) is 16.8 Å². The molecule has 2 aromatic rings. The van der Waals surface area contributed by atoms with Crippen LogP contribution in [0.4, 0.5) is 14.9 Å². The number of benzene rings is 2. The predicted molar refractivity (Wildman–Crippen MR) is 121 cm³/mol. The first kappa shape index (κ1) is 23.4. The van der Waals surface area contributed by atoms with Gasteiger partial charge in [-0.3, -0.25) is 9.69 Å². The number of allylic oxidation sites excluding steroid dienone is 1. The number of carbonyl (C=O) groups is 2. The summed E-state index contributed by atoms with van der Waals surface area (Å²) in [6, 6.07) is 8.38. The fourth-order valence-electron chi connectivity index (χ4n) is 2.76.